The molecule has 2 saturated heterocycles. The molecule has 6 aliphatic rings. The standard InChI is InChI=1S/C47H55N7O6S/c1-26-27(2)37(26)44(55)50-34-22-36-49-35(24-61-36)30-20-29-10-7-13-53-41(29)31(21-30)38-39(47(3,4)25-60-46(57)33-11-8-14-54(51-33)45(34)56)43(58-5)40-32(42(38)53)19-28(23-48-40)9-6-12-52-15-17-59-18-16-52/h19-21,23-24,26-27,33-34,37,39,43,51H,7-8,10-18,22,25H2,1-5H3,(H,50,55)/t26-,27+,33-,34-,37?,39?,43-/m0/s1. The summed E-state index contributed by atoms with van der Waals surface area (Å²) in [6.07, 6.45) is 4.70. The summed E-state index contributed by atoms with van der Waals surface area (Å²) in [4.78, 5) is 54.5. The Labute approximate surface area is 360 Å². The second-order valence-electron chi connectivity index (χ2n) is 18.6. The Hall–Kier alpha value is -4.65. The normalized spacial score (nSPS) is 28.3. The molecule has 3 fully saturated rings. The number of cyclic esters (lactones) is 1. The fourth-order valence-corrected chi connectivity index (χ4v) is 11.4. The first-order chi connectivity index (χ1) is 29.5. The molecular formula is C47H55N7O6S. The van der Waals surface area contributed by atoms with Gasteiger partial charge in [0.2, 0.25) is 5.91 Å². The molecule has 4 aromatic rings. The zero-order valence-corrected chi connectivity index (χ0v) is 36.5. The molecule has 7 heterocycles. The fourth-order valence-electron chi connectivity index (χ4n) is 10.6. The number of rotatable bonds is 4. The van der Waals surface area contributed by atoms with Crippen LogP contribution in [0.25, 0.3) is 33.4 Å². The van der Waals surface area contributed by atoms with E-state index < -0.39 is 29.6 Å². The Morgan fingerprint density at radius 2 is 1.92 bits per heavy atom. The van der Waals surface area contributed by atoms with Crippen LogP contribution >= 0.6 is 11.3 Å². The van der Waals surface area contributed by atoms with E-state index >= 15 is 0 Å². The van der Waals surface area contributed by atoms with E-state index in [4.69, 9.17) is 24.2 Å². The third-order valence-corrected chi connectivity index (χ3v) is 15.1. The Balaban J connectivity index is 1.11. The number of ether oxygens (including phenoxy) is 3. The minimum Gasteiger partial charge on any atom is -0.464 e. The van der Waals surface area contributed by atoms with Gasteiger partial charge in [-0.15, -0.1) is 11.3 Å². The maximum atomic E-state index is 14.3. The minimum atomic E-state index is -0.842. The van der Waals surface area contributed by atoms with Crippen molar-refractivity contribution in [2.45, 2.75) is 90.4 Å². The molecule has 1 aromatic carbocycles. The number of benzene rings is 1. The van der Waals surface area contributed by atoms with Gasteiger partial charge in [0, 0.05) is 90.6 Å². The summed E-state index contributed by atoms with van der Waals surface area (Å²) in [7, 11) is 1.74. The maximum absolute atomic E-state index is 14.3. The van der Waals surface area contributed by atoms with Crippen molar-refractivity contribution in [1.82, 2.24) is 35.2 Å². The topological polar surface area (TPSA) is 140 Å². The summed E-state index contributed by atoms with van der Waals surface area (Å²) < 4.78 is 20.8. The van der Waals surface area contributed by atoms with Crippen molar-refractivity contribution in [3.8, 4) is 34.4 Å². The summed E-state index contributed by atoms with van der Waals surface area (Å²) in [6, 6.07) is 5.18. The monoisotopic (exact) mass is 845 g/mol. The largest absolute Gasteiger partial charge is 0.464 e. The van der Waals surface area contributed by atoms with Crippen LogP contribution in [-0.2, 0) is 48.0 Å². The molecule has 2 amide bonds. The van der Waals surface area contributed by atoms with E-state index in [1.54, 1.807) is 7.11 Å². The van der Waals surface area contributed by atoms with Crippen LogP contribution in [0.15, 0.2) is 29.8 Å². The van der Waals surface area contributed by atoms with E-state index in [0.29, 0.717) is 25.9 Å². The molecule has 320 valence electrons. The zero-order valence-electron chi connectivity index (χ0n) is 35.7. The molecule has 14 heteroatoms. The predicted molar refractivity (Wildman–Crippen MR) is 231 cm³/mol. The lowest BCUT2D eigenvalue weighted by molar-refractivity contribution is -0.156. The smallest absolute Gasteiger partial charge is 0.324 e. The number of nitrogens with one attached hydrogen (secondary N) is 2. The number of carbonyl (C=O) groups excluding carboxylic acids is 3. The lowest BCUT2D eigenvalue weighted by atomic mass is 9.67. The number of aromatic nitrogens is 3. The lowest BCUT2D eigenvalue weighted by Crippen LogP contribution is -2.60. The number of thiazole rings is 1. The molecule has 2 N–H and O–H groups in total. The number of morpholine rings is 1. The summed E-state index contributed by atoms with van der Waals surface area (Å²) in [5.41, 5.74) is 11.9. The Kier molecular flexibility index (Phi) is 10.5. The van der Waals surface area contributed by atoms with E-state index in [1.807, 2.05) is 6.20 Å². The molecule has 7 atom stereocenters. The molecule has 13 nitrogen and oxygen atoms in total. The van der Waals surface area contributed by atoms with E-state index in [0.717, 1.165) is 95.4 Å². The van der Waals surface area contributed by atoms with Crippen molar-refractivity contribution in [1.29, 1.82) is 0 Å². The van der Waals surface area contributed by atoms with E-state index in [9.17, 15) is 14.4 Å². The molecule has 4 aliphatic heterocycles. The van der Waals surface area contributed by atoms with Crippen molar-refractivity contribution in [3.63, 3.8) is 0 Å². The van der Waals surface area contributed by atoms with Crippen LogP contribution in [-0.4, -0.2) is 107 Å². The van der Waals surface area contributed by atoms with Crippen LogP contribution in [0.2, 0.25) is 0 Å². The van der Waals surface area contributed by atoms with Gasteiger partial charge in [0.1, 0.15) is 18.2 Å². The van der Waals surface area contributed by atoms with E-state index in [-0.39, 0.29) is 48.5 Å². The number of hydrazine groups is 1. The maximum Gasteiger partial charge on any atom is 0.324 e. The molecule has 0 radical (unpaired) electrons. The number of pyridine rings is 1. The molecular weight excluding hydrogens is 791 g/mol. The summed E-state index contributed by atoms with van der Waals surface area (Å²) >= 11 is 1.50. The van der Waals surface area contributed by atoms with Crippen LogP contribution in [0, 0.1) is 35.0 Å². The van der Waals surface area contributed by atoms with Gasteiger partial charge in [-0.1, -0.05) is 39.5 Å². The quantitative estimate of drug-likeness (QED) is 0.207. The molecule has 10 rings (SSSR count). The Morgan fingerprint density at radius 1 is 1.10 bits per heavy atom. The number of hydrogen-bond acceptors (Lipinski definition) is 11. The molecule has 2 unspecified atom stereocenters. The average molecular weight is 846 g/mol. The van der Waals surface area contributed by atoms with Gasteiger partial charge < -0.3 is 24.1 Å². The van der Waals surface area contributed by atoms with Crippen molar-refractivity contribution < 1.29 is 28.6 Å². The highest BCUT2D eigenvalue weighted by atomic mass is 32.1. The van der Waals surface area contributed by atoms with Gasteiger partial charge in [0.25, 0.3) is 5.91 Å². The van der Waals surface area contributed by atoms with Gasteiger partial charge in [-0.3, -0.25) is 29.3 Å². The fraction of sp³-hybridized carbons (Fsp3) is 0.553. The van der Waals surface area contributed by atoms with Crippen LogP contribution in [0.1, 0.15) is 86.4 Å². The van der Waals surface area contributed by atoms with Gasteiger partial charge in [0.05, 0.1) is 54.0 Å². The molecule has 3 aromatic heterocycles. The second-order valence-corrected chi connectivity index (χ2v) is 19.5. The van der Waals surface area contributed by atoms with Crippen molar-refractivity contribution in [2.75, 3.05) is 53.1 Å². The Morgan fingerprint density at radius 3 is 2.70 bits per heavy atom. The van der Waals surface area contributed by atoms with Crippen molar-refractivity contribution in [2.24, 2.45) is 23.2 Å². The zero-order chi connectivity index (χ0) is 42.2. The first-order valence-electron chi connectivity index (χ1n) is 22.0. The summed E-state index contributed by atoms with van der Waals surface area (Å²) in [5, 5.41) is 8.57. The van der Waals surface area contributed by atoms with Gasteiger partial charge in [-0.2, -0.15) is 0 Å². The van der Waals surface area contributed by atoms with Gasteiger partial charge in [-0.05, 0) is 66.8 Å². The van der Waals surface area contributed by atoms with Crippen LogP contribution < -0.4 is 10.7 Å². The van der Waals surface area contributed by atoms with Crippen LogP contribution in [0.5, 0.6) is 0 Å². The third kappa shape index (κ3) is 7.26. The predicted octanol–water partition coefficient (Wildman–Crippen LogP) is 5.25. The van der Waals surface area contributed by atoms with E-state index in [1.165, 1.54) is 27.4 Å². The third-order valence-electron chi connectivity index (χ3n) is 14.2. The van der Waals surface area contributed by atoms with Crippen molar-refractivity contribution >= 4 is 40.0 Å². The summed E-state index contributed by atoms with van der Waals surface area (Å²) in [6.45, 7) is 13.7. The number of carbonyl (C=O) groups is 3. The van der Waals surface area contributed by atoms with Gasteiger partial charge in [0.15, 0.2) is 0 Å². The van der Waals surface area contributed by atoms with Gasteiger partial charge in [-0.25, -0.2) is 10.4 Å². The number of esters is 1. The first kappa shape index (κ1) is 40.4. The number of nitrogens with zero attached hydrogens (tertiary/aromatic N) is 5. The highest BCUT2D eigenvalue weighted by Gasteiger charge is 2.50. The molecule has 2 aliphatic carbocycles. The molecule has 1 saturated carbocycles. The lowest BCUT2D eigenvalue weighted by Gasteiger charge is -2.42. The average Bonchev–Trinajstić information content (AvgIpc) is 3.53. The number of methoxy groups -OCH3 is 1. The van der Waals surface area contributed by atoms with E-state index in [2.05, 4.69) is 83.3 Å². The minimum absolute atomic E-state index is 0.112. The molecule has 61 heavy (non-hydrogen) atoms. The molecule has 0 spiro atoms. The molecule has 6 bridgehead atoms. The number of hydrogen-bond donors (Lipinski definition) is 2. The van der Waals surface area contributed by atoms with Crippen LogP contribution in [0.4, 0.5) is 0 Å². The highest BCUT2D eigenvalue weighted by Crippen LogP contribution is 2.58. The van der Waals surface area contributed by atoms with Crippen LogP contribution in [0.3, 0.4) is 0 Å². The SMILES string of the molecule is CO[C@@H]1c2ncc(C#CCN3CCOCC3)cc2-c2c3c4cc(cc5c4n2CCC5)-c2csc(n2)C[C@H](NC(=O)C2[C@@H](C)[C@H]2C)C(=O)N2CCC[C@H](N2)C(=O)OCC(C)(C)C31. The highest BCUT2D eigenvalue weighted by molar-refractivity contribution is 7.10. The number of fused-ring (bicyclic) bond motifs is 9. The van der Waals surface area contributed by atoms with Crippen molar-refractivity contribution in [3.05, 3.63) is 57.2 Å². The Bertz CT molecular complexity index is 2470. The summed E-state index contributed by atoms with van der Waals surface area (Å²) in [5.74, 6) is 6.17. The number of aryl methyl sites for hydroxylation is 2. The number of amides is 2. The first-order valence-corrected chi connectivity index (χ1v) is 22.9. The second kappa shape index (κ2) is 15.9. The van der Waals surface area contributed by atoms with Gasteiger partial charge >= 0.3 is 5.97 Å².